The summed E-state index contributed by atoms with van der Waals surface area (Å²) in [5.74, 6) is 4.58. The van der Waals surface area contributed by atoms with Gasteiger partial charge in [-0.2, -0.15) is 10.8 Å². The summed E-state index contributed by atoms with van der Waals surface area (Å²) in [6, 6.07) is 0. The molecule has 0 saturated heterocycles. The molecule has 0 aromatic rings. The molecule has 1 atom stereocenters. The minimum atomic E-state index is -0.203. The Labute approximate surface area is 73.0 Å². The second kappa shape index (κ2) is 8.89. The van der Waals surface area contributed by atoms with Gasteiger partial charge in [-0.1, -0.05) is 19.8 Å². The summed E-state index contributed by atoms with van der Waals surface area (Å²) in [6.45, 7) is 4.87. The van der Waals surface area contributed by atoms with Crippen molar-refractivity contribution in [3.63, 3.8) is 0 Å². The van der Waals surface area contributed by atoms with E-state index in [1.165, 1.54) is 12.8 Å². The fraction of sp³-hybridized carbons (Fsp3) is 1.00. The van der Waals surface area contributed by atoms with Gasteiger partial charge in [-0.3, -0.25) is 5.32 Å². The predicted molar refractivity (Wildman–Crippen MR) is 44.4 cm³/mol. The molecule has 0 amide bonds. The van der Waals surface area contributed by atoms with E-state index in [4.69, 9.17) is 0 Å². The smallest absolute Gasteiger partial charge is 0.144 e. The van der Waals surface area contributed by atoms with Crippen LogP contribution in [-0.4, -0.2) is 12.8 Å². The molecule has 0 aromatic carbocycles. The Hall–Kier alpha value is -0.200. The fourth-order valence-corrected chi connectivity index (χ4v) is 0.796. The summed E-state index contributed by atoms with van der Waals surface area (Å²) in [4.78, 5) is 8.39. The molecule has 0 aliphatic rings. The zero-order valence-corrected chi connectivity index (χ0v) is 7.71. The van der Waals surface area contributed by atoms with Gasteiger partial charge in [-0.25, -0.2) is 0 Å². The summed E-state index contributed by atoms with van der Waals surface area (Å²) < 4.78 is 0. The lowest BCUT2D eigenvalue weighted by atomic mass is 10.2. The minimum absolute atomic E-state index is 0.203. The van der Waals surface area contributed by atoms with Crippen molar-refractivity contribution in [2.24, 2.45) is 5.90 Å². The summed E-state index contributed by atoms with van der Waals surface area (Å²) in [5.41, 5.74) is 0. The van der Waals surface area contributed by atoms with Crippen molar-refractivity contribution in [2.75, 3.05) is 6.54 Å². The molecule has 0 bridgehead atoms. The van der Waals surface area contributed by atoms with Crippen LogP contribution in [0.25, 0.3) is 0 Å². The van der Waals surface area contributed by atoms with Crippen molar-refractivity contribution in [1.29, 1.82) is 0 Å². The number of rotatable bonds is 8. The van der Waals surface area contributed by atoms with Gasteiger partial charge in [0.25, 0.3) is 0 Å². The first-order valence-corrected chi connectivity index (χ1v) is 4.23. The minimum Gasteiger partial charge on any atom is -0.290 e. The van der Waals surface area contributed by atoms with Crippen molar-refractivity contribution in [2.45, 2.75) is 39.3 Å². The van der Waals surface area contributed by atoms with Gasteiger partial charge in [0, 0.05) is 0 Å². The molecule has 74 valence electrons. The highest BCUT2D eigenvalue weighted by Crippen LogP contribution is 1.93. The molecule has 1 unspecified atom stereocenters. The van der Waals surface area contributed by atoms with Crippen molar-refractivity contribution in [3.05, 3.63) is 0 Å². The van der Waals surface area contributed by atoms with Gasteiger partial charge in [0.1, 0.15) is 6.23 Å². The van der Waals surface area contributed by atoms with Gasteiger partial charge in [-0.15, -0.1) is 4.99 Å². The topological polar surface area (TPSA) is 65.7 Å². The van der Waals surface area contributed by atoms with E-state index in [1.807, 2.05) is 6.92 Å². The molecule has 0 spiro atoms. The van der Waals surface area contributed by atoms with Gasteiger partial charge in [-0.05, 0) is 24.9 Å². The first-order chi connectivity index (χ1) is 5.81. The highest BCUT2D eigenvalue weighted by Gasteiger charge is 2.00. The van der Waals surface area contributed by atoms with Crippen LogP contribution in [-0.2, 0) is 14.9 Å². The summed E-state index contributed by atoms with van der Waals surface area (Å²) in [6.07, 6.45) is 3.35. The second-order valence-corrected chi connectivity index (χ2v) is 2.56. The molecule has 12 heavy (non-hydrogen) atoms. The molecule has 0 heterocycles. The highest BCUT2D eigenvalue weighted by atomic mass is 17.5. The standard InChI is InChI=1S/C7H18N2O3/c1-3-4-5-6-9-7(2)10-12-11-8/h7,9H,3-6,8H2,1-2H3. The van der Waals surface area contributed by atoms with Crippen LogP contribution < -0.4 is 11.2 Å². The molecule has 0 radical (unpaired) electrons. The summed E-state index contributed by atoms with van der Waals surface area (Å²) in [5, 5.41) is 7.14. The molecular weight excluding hydrogens is 160 g/mol. The maximum atomic E-state index is 4.61. The second-order valence-electron chi connectivity index (χ2n) is 2.56. The van der Waals surface area contributed by atoms with Crippen molar-refractivity contribution in [1.82, 2.24) is 5.32 Å². The van der Waals surface area contributed by atoms with Crippen LogP contribution in [0.15, 0.2) is 0 Å². The quantitative estimate of drug-likeness (QED) is 0.250. The Bertz CT molecular complexity index is 92.7. The van der Waals surface area contributed by atoms with Gasteiger partial charge in [0.15, 0.2) is 0 Å². The Morgan fingerprint density at radius 3 is 2.75 bits per heavy atom. The SMILES string of the molecule is CCCCCNC(C)OOON. The van der Waals surface area contributed by atoms with E-state index in [0.29, 0.717) is 0 Å². The molecule has 3 N–H and O–H groups in total. The van der Waals surface area contributed by atoms with Crippen LogP contribution in [0.4, 0.5) is 0 Å². The first kappa shape index (κ1) is 11.8. The van der Waals surface area contributed by atoms with Crippen molar-refractivity contribution in [3.8, 4) is 0 Å². The Morgan fingerprint density at radius 2 is 2.17 bits per heavy atom. The van der Waals surface area contributed by atoms with Crippen LogP contribution in [0.1, 0.15) is 33.1 Å². The summed E-state index contributed by atoms with van der Waals surface area (Å²) in [7, 11) is 0. The van der Waals surface area contributed by atoms with E-state index in [0.717, 1.165) is 13.0 Å². The number of nitrogens with one attached hydrogen (secondary N) is 1. The molecule has 5 heteroatoms. The number of hydrogen-bond donors (Lipinski definition) is 2. The maximum absolute atomic E-state index is 4.61. The highest BCUT2D eigenvalue weighted by molar-refractivity contribution is 4.47. The van der Waals surface area contributed by atoms with E-state index in [2.05, 4.69) is 33.1 Å². The Morgan fingerprint density at radius 1 is 1.42 bits per heavy atom. The lowest BCUT2D eigenvalue weighted by molar-refractivity contribution is -0.530. The van der Waals surface area contributed by atoms with Crippen molar-refractivity contribution < 1.29 is 14.9 Å². The largest absolute Gasteiger partial charge is 0.290 e. The van der Waals surface area contributed by atoms with Gasteiger partial charge in [0.05, 0.1) is 0 Å². The third kappa shape index (κ3) is 7.90. The Balaban J connectivity index is 3.02. The summed E-state index contributed by atoms with van der Waals surface area (Å²) >= 11 is 0. The van der Waals surface area contributed by atoms with Crippen molar-refractivity contribution >= 4 is 0 Å². The monoisotopic (exact) mass is 178 g/mol. The average Bonchev–Trinajstić information content (AvgIpc) is 2.09. The third-order valence-electron chi connectivity index (χ3n) is 1.44. The number of hydrogen-bond acceptors (Lipinski definition) is 5. The lowest BCUT2D eigenvalue weighted by Gasteiger charge is -2.10. The molecule has 0 rings (SSSR count). The normalized spacial score (nSPS) is 13.2. The predicted octanol–water partition coefficient (Wildman–Crippen LogP) is 0.866. The zero-order valence-electron chi connectivity index (χ0n) is 7.71. The Kier molecular flexibility index (Phi) is 8.74. The fourth-order valence-electron chi connectivity index (χ4n) is 0.796. The third-order valence-corrected chi connectivity index (χ3v) is 1.44. The van der Waals surface area contributed by atoms with E-state index in [1.54, 1.807) is 0 Å². The number of nitrogens with two attached hydrogens (primary N) is 1. The van der Waals surface area contributed by atoms with Gasteiger partial charge in [0.2, 0.25) is 0 Å². The molecular formula is C7H18N2O3. The first-order valence-electron chi connectivity index (χ1n) is 4.23. The van der Waals surface area contributed by atoms with E-state index in [-0.39, 0.29) is 6.23 Å². The average molecular weight is 178 g/mol. The molecule has 0 aliphatic carbocycles. The van der Waals surface area contributed by atoms with Crippen LogP contribution in [0.2, 0.25) is 0 Å². The molecule has 0 aromatic heterocycles. The number of unbranched alkanes of at least 4 members (excludes halogenated alkanes) is 2. The van der Waals surface area contributed by atoms with Crippen LogP contribution >= 0.6 is 0 Å². The van der Waals surface area contributed by atoms with Gasteiger partial charge < -0.3 is 0 Å². The molecule has 0 fully saturated rings. The molecule has 0 saturated carbocycles. The molecule has 5 nitrogen and oxygen atoms in total. The maximum Gasteiger partial charge on any atom is 0.144 e. The van der Waals surface area contributed by atoms with Crippen LogP contribution in [0.5, 0.6) is 0 Å². The van der Waals surface area contributed by atoms with E-state index >= 15 is 0 Å². The zero-order chi connectivity index (χ0) is 9.23. The van der Waals surface area contributed by atoms with Crippen LogP contribution in [0.3, 0.4) is 0 Å². The van der Waals surface area contributed by atoms with E-state index in [9.17, 15) is 0 Å². The lowest BCUT2D eigenvalue weighted by Crippen LogP contribution is -2.30. The van der Waals surface area contributed by atoms with Crippen LogP contribution in [0, 0.1) is 0 Å². The molecule has 0 aliphatic heterocycles. The van der Waals surface area contributed by atoms with Gasteiger partial charge >= 0.3 is 0 Å². The van der Waals surface area contributed by atoms with E-state index < -0.39 is 0 Å².